The molecule has 0 spiro atoms. The highest BCUT2D eigenvalue weighted by atomic mass is 19.1. The van der Waals surface area contributed by atoms with E-state index < -0.39 is 29.3 Å². The monoisotopic (exact) mass is 455 g/mol. The van der Waals surface area contributed by atoms with E-state index >= 15 is 0 Å². The molecule has 3 heterocycles. The maximum atomic E-state index is 14.0. The summed E-state index contributed by atoms with van der Waals surface area (Å²) in [5, 5.41) is 11.1. The molecule has 9 heteroatoms. The zero-order valence-electron chi connectivity index (χ0n) is 18.4. The van der Waals surface area contributed by atoms with Gasteiger partial charge >= 0.3 is 0 Å². The van der Waals surface area contributed by atoms with Crippen molar-refractivity contribution in [2.24, 2.45) is 0 Å². The number of rotatable bonds is 7. The van der Waals surface area contributed by atoms with E-state index in [-0.39, 0.29) is 16.9 Å². The van der Waals surface area contributed by atoms with E-state index in [1.54, 1.807) is 24.4 Å². The molecular formula is C24H26FN3O5. The molecule has 4 rings (SSSR count). The van der Waals surface area contributed by atoms with Crippen LogP contribution in [0.1, 0.15) is 23.7 Å². The summed E-state index contributed by atoms with van der Waals surface area (Å²) in [7, 11) is 1.38. The number of nitrogens with zero attached hydrogens (tertiary/aromatic N) is 3. The normalized spacial score (nSPS) is 20.9. The minimum Gasteiger partial charge on any atom is -0.507 e. The van der Waals surface area contributed by atoms with E-state index in [2.05, 4.69) is 9.88 Å². The first-order valence-corrected chi connectivity index (χ1v) is 10.8. The van der Waals surface area contributed by atoms with Crippen LogP contribution in [0.5, 0.6) is 5.75 Å². The Kier molecular flexibility index (Phi) is 7.00. The summed E-state index contributed by atoms with van der Waals surface area (Å²) in [4.78, 5) is 34.1. The van der Waals surface area contributed by atoms with Gasteiger partial charge in [0, 0.05) is 32.4 Å². The highest BCUT2D eigenvalue weighted by Crippen LogP contribution is 2.40. The second kappa shape index (κ2) is 10.1. The lowest BCUT2D eigenvalue weighted by Gasteiger charge is -2.29. The Morgan fingerprint density at radius 1 is 1.21 bits per heavy atom. The molecule has 8 nitrogen and oxygen atoms in total. The Bertz CT molecular complexity index is 1050. The number of hydrogen-bond donors (Lipinski definition) is 1. The second-order valence-electron chi connectivity index (χ2n) is 7.90. The lowest BCUT2D eigenvalue weighted by atomic mass is 9.97. The molecule has 0 bridgehead atoms. The fourth-order valence-electron chi connectivity index (χ4n) is 4.26. The molecule has 2 aliphatic rings. The van der Waals surface area contributed by atoms with Crippen molar-refractivity contribution < 1.29 is 28.6 Å². The van der Waals surface area contributed by atoms with E-state index in [1.165, 1.54) is 24.1 Å². The summed E-state index contributed by atoms with van der Waals surface area (Å²) >= 11 is 0. The number of carbonyl (C=O) groups excluding carboxylic acids is 2. The van der Waals surface area contributed by atoms with Crippen molar-refractivity contribution in [2.45, 2.75) is 12.5 Å². The van der Waals surface area contributed by atoms with Crippen LogP contribution >= 0.6 is 0 Å². The van der Waals surface area contributed by atoms with Gasteiger partial charge in [-0.25, -0.2) is 4.39 Å². The van der Waals surface area contributed by atoms with Gasteiger partial charge in [-0.2, -0.15) is 0 Å². The summed E-state index contributed by atoms with van der Waals surface area (Å²) in [6.45, 7) is 4.05. The molecule has 2 aromatic rings. The Morgan fingerprint density at radius 3 is 2.70 bits per heavy atom. The van der Waals surface area contributed by atoms with Crippen LogP contribution in [0.25, 0.3) is 5.76 Å². The Balaban J connectivity index is 1.70. The van der Waals surface area contributed by atoms with Crippen molar-refractivity contribution in [3.8, 4) is 5.75 Å². The van der Waals surface area contributed by atoms with Crippen molar-refractivity contribution in [1.29, 1.82) is 0 Å². The molecule has 33 heavy (non-hydrogen) atoms. The number of halogens is 1. The number of aliphatic hydroxyl groups is 1. The van der Waals surface area contributed by atoms with Crippen molar-refractivity contribution in [3.63, 3.8) is 0 Å². The number of amides is 1. The van der Waals surface area contributed by atoms with E-state index in [9.17, 15) is 19.1 Å². The van der Waals surface area contributed by atoms with Crippen molar-refractivity contribution in [1.82, 2.24) is 14.8 Å². The number of ether oxygens (including phenoxy) is 2. The second-order valence-corrected chi connectivity index (χ2v) is 7.90. The highest BCUT2D eigenvalue weighted by molar-refractivity contribution is 6.46. The summed E-state index contributed by atoms with van der Waals surface area (Å²) in [6.07, 6.45) is 2.20. The zero-order chi connectivity index (χ0) is 23.4. The van der Waals surface area contributed by atoms with Gasteiger partial charge in [-0.15, -0.1) is 0 Å². The number of morpholine rings is 1. The minimum atomic E-state index is -0.885. The molecule has 2 saturated heterocycles. The number of aliphatic hydroxyl groups excluding tert-OH is 1. The van der Waals surface area contributed by atoms with Crippen LogP contribution in [-0.2, 0) is 14.3 Å². The number of hydrogen-bond acceptors (Lipinski definition) is 7. The molecule has 0 saturated carbocycles. The van der Waals surface area contributed by atoms with Crippen LogP contribution in [0.3, 0.4) is 0 Å². The average Bonchev–Trinajstić information content (AvgIpc) is 3.10. The summed E-state index contributed by atoms with van der Waals surface area (Å²) < 4.78 is 24.6. The summed E-state index contributed by atoms with van der Waals surface area (Å²) in [5.74, 6) is -2.46. The number of likely N-dealkylation sites (tertiary alicyclic amines) is 1. The predicted octanol–water partition coefficient (Wildman–Crippen LogP) is 2.37. The van der Waals surface area contributed by atoms with E-state index in [0.29, 0.717) is 31.9 Å². The van der Waals surface area contributed by atoms with Gasteiger partial charge in [0.15, 0.2) is 0 Å². The molecule has 174 valence electrons. The topological polar surface area (TPSA) is 92.2 Å². The first-order chi connectivity index (χ1) is 16.0. The molecule has 1 aromatic carbocycles. The number of aromatic nitrogens is 1. The van der Waals surface area contributed by atoms with Crippen LogP contribution in [0.2, 0.25) is 0 Å². The Morgan fingerprint density at radius 2 is 2.00 bits per heavy atom. The molecule has 1 aromatic heterocycles. The maximum Gasteiger partial charge on any atom is 0.295 e. The van der Waals surface area contributed by atoms with Crippen molar-refractivity contribution in [2.75, 3.05) is 46.5 Å². The molecule has 1 atom stereocenters. The number of methoxy groups -OCH3 is 1. The minimum absolute atomic E-state index is 0.00440. The third kappa shape index (κ3) is 4.74. The van der Waals surface area contributed by atoms with Gasteiger partial charge in [0.1, 0.15) is 23.4 Å². The molecule has 0 radical (unpaired) electrons. The molecule has 2 aliphatic heterocycles. The fourth-order valence-corrected chi connectivity index (χ4v) is 4.26. The first kappa shape index (κ1) is 22.9. The molecular weight excluding hydrogens is 429 g/mol. The van der Waals surface area contributed by atoms with Crippen LogP contribution in [-0.4, -0.2) is 78.1 Å². The number of pyridine rings is 1. The van der Waals surface area contributed by atoms with Gasteiger partial charge in [0.25, 0.3) is 11.7 Å². The third-order valence-electron chi connectivity index (χ3n) is 5.90. The predicted molar refractivity (Wildman–Crippen MR) is 118 cm³/mol. The molecule has 1 unspecified atom stereocenters. The molecule has 0 aliphatic carbocycles. The summed E-state index contributed by atoms with van der Waals surface area (Å²) in [6, 6.07) is 7.91. The largest absolute Gasteiger partial charge is 0.507 e. The summed E-state index contributed by atoms with van der Waals surface area (Å²) in [5.41, 5.74) is 0.318. The van der Waals surface area contributed by atoms with Crippen LogP contribution in [0.4, 0.5) is 4.39 Å². The molecule has 1 amide bonds. The lowest BCUT2D eigenvalue weighted by Crippen LogP contribution is -2.39. The number of benzene rings is 1. The standard InChI is InChI=1S/C24H26FN3O5/c1-32-19-7-6-16(25)15-17(19)22(29)20-21(18-5-2-3-8-26-18)28(24(31)23(20)30)10-4-9-27-11-13-33-14-12-27/h2-3,5-8,15,21,29H,4,9-14H2,1H3. The quantitative estimate of drug-likeness (QED) is 0.389. The van der Waals surface area contributed by atoms with Crippen molar-refractivity contribution in [3.05, 3.63) is 65.2 Å². The van der Waals surface area contributed by atoms with Gasteiger partial charge in [-0.05, 0) is 36.8 Å². The van der Waals surface area contributed by atoms with Crippen LogP contribution in [0.15, 0.2) is 48.2 Å². The average molecular weight is 455 g/mol. The Labute approximate surface area is 191 Å². The van der Waals surface area contributed by atoms with E-state index in [0.717, 1.165) is 25.7 Å². The van der Waals surface area contributed by atoms with Crippen LogP contribution in [0, 0.1) is 5.82 Å². The van der Waals surface area contributed by atoms with Gasteiger partial charge in [0.2, 0.25) is 0 Å². The fraction of sp³-hybridized carbons (Fsp3) is 0.375. The maximum absolute atomic E-state index is 14.0. The smallest absolute Gasteiger partial charge is 0.295 e. The number of ketones is 1. The van der Waals surface area contributed by atoms with E-state index in [1.807, 2.05) is 0 Å². The third-order valence-corrected chi connectivity index (χ3v) is 5.90. The number of Topliss-reactive ketones (excluding diaryl/α,β-unsaturated/α-hetero) is 1. The van der Waals surface area contributed by atoms with Gasteiger partial charge in [0.05, 0.1) is 37.2 Å². The van der Waals surface area contributed by atoms with Crippen LogP contribution < -0.4 is 4.74 Å². The molecule has 1 N–H and O–H groups in total. The number of carbonyl (C=O) groups is 2. The lowest BCUT2D eigenvalue weighted by molar-refractivity contribution is -0.140. The SMILES string of the molecule is COc1ccc(F)cc1C(O)=C1C(=O)C(=O)N(CCCN2CCOCC2)C1c1ccccn1. The Hall–Kier alpha value is -3.30. The highest BCUT2D eigenvalue weighted by Gasteiger charge is 2.46. The van der Waals surface area contributed by atoms with Gasteiger partial charge < -0.3 is 19.5 Å². The van der Waals surface area contributed by atoms with Gasteiger partial charge in [-0.3, -0.25) is 19.5 Å². The molecule has 2 fully saturated rings. The van der Waals surface area contributed by atoms with Crippen molar-refractivity contribution >= 4 is 17.4 Å². The first-order valence-electron chi connectivity index (χ1n) is 10.8. The van der Waals surface area contributed by atoms with E-state index in [4.69, 9.17) is 9.47 Å². The zero-order valence-corrected chi connectivity index (χ0v) is 18.4. The van der Waals surface area contributed by atoms with Gasteiger partial charge in [-0.1, -0.05) is 6.07 Å².